The van der Waals surface area contributed by atoms with Crippen molar-refractivity contribution in [3.63, 3.8) is 0 Å². The van der Waals surface area contributed by atoms with Crippen LogP contribution in [0.25, 0.3) is 0 Å². The number of thiazole rings is 1. The molecule has 1 saturated carbocycles. The SMILES string of the molecule is CC1CCCCN1CCc1nc(C2CC2)c(C(=O)NN)s1. The van der Waals surface area contributed by atoms with E-state index in [4.69, 9.17) is 10.8 Å². The van der Waals surface area contributed by atoms with Gasteiger partial charge in [-0.25, -0.2) is 10.8 Å². The minimum atomic E-state index is -0.188. The lowest BCUT2D eigenvalue weighted by molar-refractivity contribution is 0.0956. The zero-order chi connectivity index (χ0) is 14.8. The fourth-order valence-electron chi connectivity index (χ4n) is 3.08. The Kier molecular flexibility index (Phi) is 4.57. The number of hydrogen-bond acceptors (Lipinski definition) is 5. The third-order valence-corrected chi connectivity index (χ3v) is 5.68. The summed E-state index contributed by atoms with van der Waals surface area (Å²) < 4.78 is 0. The third kappa shape index (κ3) is 3.44. The smallest absolute Gasteiger partial charge is 0.277 e. The Morgan fingerprint density at radius 1 is 1.43 bits per heavy atom. The molecule has 1 aliphatic carbocycles. The molecule has 0 bridgehead atoms. The van der Waals surface area contributed by atoms with Crippen molar-refractivity contribution in [1.82, 2.24) is 15.3 Å². The second kappa shape index (κ2) is 6.42. The molecule has 0 radical (unpaired) electrons. The molecule has 3 N–H and O–H groups in total. The van der Waals surface area contributed by atoms with Gasteiger partial charge in [-0.15, -0.1) is 11.3 Å². The summed E-state index contributed by atoms with van der Waals surface area (Å²) in [5.41, 5.74) is 3.23. The van der Waals surface area contributed by atoms with Crippen molar-refractivity contribution in [3.8, 4) is 0 Å². The van der Waals surface area contributed by atoms with Gasteiger partial charge in [-0.3, -0.25) is 10.2 Å². The molecule has 1 aliphatic heterocycles. The molecule has 0 spiro atoms. The molecule has 2 fully saturated rings. The van der Waals surface area contributed by atoms with Gasteiger partial charge in [0.1, 0.15) is 4.88 Å². The first kappa shape index (κ1) is 14.9. The number of nitrogens with zero attached hydrogens (tertiary/aromatic N) is 2. The number of nitrogens with one attached hydrogen (secondary N) is 1. The summed E-state index contributed by atoms with van der Waals surface area (Å²) >= 11 is 1.52. The molecule has 2 heterocycles. The van der Waals surface area contributed by atoms with Crippen LogP contribution in [0.4, 0.5) is 0 Å². The Bertz CT molecular complexity index is 512. The van der Waals surface area contributed by atoms with E-state index in [1.807, 2.05) is 0 Å². The van der Waals surface area contributed by atoms with Crippen molar-refractivity contribution >= 4 is 17.2 Å². The third-order valence-electron chi connectivity index (χ3n) is 4.55. The van der Waals surface area contributed by atoms with Gasteiger partial charge in [-0.1, -0.05) is 6.42 Å². The number of rotatable bonds is 5. The molecule has 21 heavy (non-hydrogen) atoms. The number of nitrogen functional groups attached to an aromatic ring is 1. The highest BCUT2D eigenvalue weighted by Crippen LogP contribution is 2.42. The number of carbonyl (C=O) groups is 1. The van der Waals surface area contributed by atoms with E-state index in [1.165, 1.54) is 37.1 Å². The lowest BCUT2D eigenvalue weighted by Crippen LogP contribution is -2.38. The summed E-state index contributed by atoms with van der Waals surface area (Å²) in [5, 5.41) is 1.08. The van der Waals surface area contributed by atoms with Gasteiger partial charge in [-0.05, 0) is 39.2 Å². The molecular formula is C15H24N4OS. The van der Waals surface area contributed by atoms with E-state index in [2.05, 4.69) is 17.2 Å². The summed E-state index contributed by atoms with van der Waals surface area (Å²) in [6.45, 7) is 4.55. The first-order valence-corrected chi connectivity index (χ1v) is 8.75. The van der Waals surface area contributed by atoms with Crippen LogP contribution in [-0.2, 0) is 6.42 Å². The van der Waals surface area contributed by atoms with Crippen molar-refractivity contribution in [1.29, 1.82) is 0 Å². The largest absolute Gasteiger partial charge is 0.300 e. The predicted molar refractivity (Wildman–Crippen MR) is 84.3 cm³/mol. The zero-order valence-electron chi connectivity index (χ0n) is 12.6. The number of nitrogens with two attached hydrogens (primary N) is 1. The van der Waals surface area contributed by atoms with Crippen molar-refractivity contribution in [2.45, 2.75) is 57.4 Å². The zero-order valence-corrected chi connectivity index (χ0v) is 13.4. The van der Waals surface area contributed by atoms with Crippen molar-refractivity contribution in [3.05, 3.63) is 15.6 Å². The van der Waals surface area contributed by atoms with E-state index in [9.17, 15) is 4.79 Å². The van der Waals surface area contributed by atoms with E-state index < -0.39 is 0 Å². The molecule has 1 aromatic rings. The molecule has 2 aliphatic rings. The summed E-state index contributed by atoms with van der Waals surface area (Å²) in [4.78, 5) is 19.9. The van der Waals surface area contributed by atoms with Gasteiger partial charge in [0.05, 0.1) is 10.7 Å². The normalized spacial score (nSPS) is 23.2. The first-order chi connectivity index (χ1) is 10.2. The minimum Gasteiger partial charge on any atom is -0.300 e. The van der Waals surface area contributed by atoms with Gasteiger partial charge in [0.2, 0.25) is 0 Å². The van der Waals surface area contributed by atoms with Crippen molar-refractivity contribution in [2.75, 3.05) is 13.1 Å². The fraction of sp³-hybridized carbons (Fsp3) is 0.733. The topological polar surface area (TPSA) is 71.2 Å². The van der Waals surface area contributed by atoms with Crippen LogP contribution in [0.3, 0.4) is 0 Å². The standard InChI is InChI=1S/C15H24N4OS/c1-10-4-2-3-8-19(10)9-7-12-17-13(11-5-6-11)14(21-12)15(20)18-16/h10-11H,2-9,16H2,1H3,(H,18,20). The maximum absolute atomic E-state index is 11.9. The quantitative estimate of drug-likeness (QED) is 0.496. The second-order valence-electron chi connectivity index (χ2n) is 6.20. The van der Waals surface area contributed by atoms with Crippen LogP contribution in [0.5, 0.6) is 0 Å². The Labute approximate surface area is 129 Å². The monoisotopic (exact) mass is 308 g/mol. The Balaban J connectivity index is 1.66. The number of carbonyl (C=O) groups excluding carboxylic acids is 1. The second-order valence-corrected chi connectivity index (χ2v) is 7.28. The predicted octanol–water partition coefficient (Wildman–Crippen LogP) is 2.04. The van der Waals surface area contributed by atoms with Crippen LogP contribution in [0.2, 0.25) is 0 Å². The molecule has 1 aromatic heterocycles. The number of likely N-dealkylation sites (tertiary alicyclic amines) is 1. The Morgan fingerprint density at radius 2 is 2.24 bits per heavy atom. The van der Waals surface area contributed by atoms with Gasteiger partial charge < -0.3 is 4.90 Å². The molecule has 116 valence electrons. The van der Waals surface area contributed by atoms with E-state index in [1.54, 1.807) is 0 Å². The minimum absolute atomic E-state index is 0.188. The molecule has 1 saturated heterocycles. The Hall–Kier alpha value is -0.980. The van der Waals surface area contributed by atoms with Gasteiger partial charge in [0.15, 0.2) is 0 Å². The van der Waals surface area contributed by atoms with Gasteiger partial charge in [-0.2, -0.15) is 0 Å². The van der Waals surface area contributed by atoms with E-state index in [0.717, 1.165) is 41.4 Å². The molecule has 6 heteroatoms. The average Bonchev–Trinajstić information content (AvgIpc) is 3.26. The lowest BCUT2D eigenvalue weighted by atomic mass is 10.0. The average molecular weight is 308 g/mol. The van der Waals surface area contributed by atoms with Crippen LogP contribution in [0, 0.1) is 0 Å². The van der Waals surface area contributed by atoms with Crippen LogP contribution in [0.15, 0.2) is 0 Å². The summed E-state index contributed by atoms with van der Waals surface area (Å²) in [6, 6.07) is 0.674. The molecule has 0 aromatic carbocycles. The Morgan fingerprint density at radius 3 is 2.90 bits per heavy atom. The number of piperidine rings is 1. The number of aromatic nitrogens is 1. The molecule has 1 unspecified atom stereocenters. The van der Waals surface area contributed by atoms with Crippen LogP contribution in [-0.4, -0.2) is 34.9 Å². The fourth-order valence-corrected chi connectivity index (χ4v) is 4.12. The van der Waals surface area contributed by atoms with Crippen LogP contribution >= 0.6 is 11.3 Å². The van der Waals surface area contributed by atoms with Crippen LogP contribution < -0.4 is 11.3 Å². The highest BCUT2D eigenvalue weighted by molar-refractivity contribution is 7.13. The maximum atomic E-state index is 11.9. The molecule has 1 atom stereocenters. The maximum Gasteiger partial charge on any atom is 0.277 e. The molecule has 1 amide bonds. The molecule has 3 rings (SSSR count). The highest BCUT2D eigenvalue weighted by atomic mass is 32.1. The summed E-state index contributed by atoms with van der Waals surface area (Å²) in [7, 11) is 0. The number of hydrogen-bond donors (Lipinski definition) is 2. The first-order valence-electron chi connectivity index (χ1n) is 7.93. The summed E-state index contributed by atoms with van der Waals surface area (Å²) in [5.74, 6) is 5.58. The highest BCUT2D eigenvalue weighted by Gasteiger charge is 2.32. The molecular weight excluding hydrogens is 284 g/mol. The van der Waals surface area contributed by atoms with E-state index in [0.29, 0.717) is 12.0 Å². The van der Waals surface area contributed by atoms with Crippen molar-refractivity contribution in [2.24, 2.45) is 5.84 Å². The number of amides is 1. The number of hydrazine groups is 1. The van der Waals surface area contributed by atoms with Crippen LogP contribution in [0.1, 0.15) is 65.3 Å². The van der Waals surface area contributed by atoms with E-state index in [-0.39, 0.29) is 5.91 Å². The van der Waals surface area contributed by atoms with Gasteiger partial charge in [0, 0.05) is 24.9 Å². The van der Waals surface area contributed by atoms with Crippen molar-refractivity contribution < 1.29 is 4.79 Å². The van der Waals surface area contributed by atoms with Gasteiger partial charge in [0.25, 0.3) is 5.91 Å². The van der Waals surface area contributed by atoms with Gasteiger partial charge >= 0.3 is 0 Å². The lowest BCUT2D eigenvalue weighted by Gasteiger charge is -2.33. The molecule has 5 nitrogen and oxygen atoms in total. The summed E-state index contributed by atoms with van der Waals surface area (Å²) in [6.07, 6.45) is 7.19. The van der Waals surface area contributed by atoms with E-state index >= 15 is 0 Å².